The minimum Gasteiger partial charge on any atom is -0.379 e. The van der Waals surface area contributed by atoms with E-state index >= 15 is 0 Å². The fourth-order valence-electron chi connectivity index (χ4n) is 4.51. The lowest BCUT2D eigenvalue weighted by atomic mass is 9.92. The molecule has 4 heterocycles. The van der Waals surface area contributed by atoms with Crippen LogP contribution >= 0.6 is 0 Å². The van der Waals surface area contributed by atoms with Gasteiger partial charge in [-0.25, -0.2) is 0 Å². The van der Waals surface area contributed by atoms with E-state index in [1.54, 1.807) is 0 Å². The summed E-state index contributed by atoms with van der Waals surface area (Å²) in [7, 11) is 2.01. The third-order valence-corrected chi connectivity index (χ3v) is 6.15. The molecule has 2 aliphatic heterocycles. The Kier molecular flexibility index (Phi) is 6.73. The number of ether oxygens (including phenoxy) is 1. The number of morpholine rings is 1. The number of hydrogen-bond acceptors (Lipinski definition) is 5. The van der Waals surface area contributed by atoms with Gasteiger partial charge in [0.25, 0.3) is 0 Å². The van der Waals surface area contributed by atoms with Crippen LogP contribution in [0.15, 0.2) is 30.7 Å². The number of aromatic nitrogens is 3. The number of piperidine rings is 1. The second-order valence-corrected chi connectivity index (χ2v) is 8.23. The van der Waals surface area contributed by atoms with E-state index in [0.717, 1.165) is 50.0 Å². The van der Waals surface area contributed by atoms with Crippen molar-refractivity contribution in [2.45, 2.75) is 32.2 Å². The molecule has 0 unspecified atom stereocenters. The van der Waals surface area contributed by atoms with Crippen molar-refractivity contribution in [1.29, 1.82) is 0 Å². The van der Waals surface area contributed by atoms with Gasteiger partial charge in [-0.3, -0.25) is 19.5 Å². The van der Waals surface area contributed by atoms with Gasteiger partial charge in [0, 0.05) is 56.4 Å². The van der Waals surface area contributed by atoms with Gasteiger partial charge >= 0.3 is 0 Å². The predicted octanol–water partition coefficient (Wildman–Crippen LogP) is 2.81. The van der Waals surface area contributed by atoms with E-state index in [-0.39, 0.29) is 0 Å². The van der Waals surface area contributed by atoms with E-state index < -0.39 is 0 Å². The van der Waals surface area contributed by atoms with E-state index in [9.17, 15) is 0 Å². The minimum atomic E-state index is 0.894. The number of hydrogen-bond donors (Lipinski definition) is 0. The number of aryl methyl sites for hydroxylation is 1. The molecule has 0 amide bonds. The maximum atomic E-state index is 5.44. The first-order valence-corrected chi connectivity index (χ1v) is 10.7. The lowest BCUT2D eigenvalue weighted by Crippen LogP contribution is -2.37. The maximum absolute atomic E-state index is 5.44. The van der Waals surface area contributed by atoms with Crippen molar-refractivity contribution in [2.75, 3.05) is 45.9 Å². The van der Waals surface area contributed by atoms with Crippen molar-refractivity contribution in [3.63, 3.8) is 0 Å². The molecule has 2 aromatic heterocycles. The molecule has 0 N–H and O–H groups in total. The Hall–Kier alpha value is -1.76. The highest BCUT2D eigenvalue weighted by Gasteiger charge is 2.21. The van der Waals surface area contributed by atoms with Crippen LogP contribution in [0.5, 0.6) is 0 Å². The van der Waals surface area contributed by atoms with Crippen LogP contribution in [-0.4, -0.2) is 70.5 Å². The lowest BCUT2D eigenvalue weighted by molar-refractivity contribution is 0.0361. The van der Waals surface area contributed by atoms with Crippen LogP contribution < -0.4 is 0 Å². The molecule has 0 radical (unpaired) electrons. The molecule has 0 bridgehead atoms. The molecular formula is C22H33N5O. The molecule has 2 fully saturated rings. The quantitative estimate of drug-likeness (QED) is 0.736. The van der Waals surface area contributed by atoms with Crippen LogP contribution in [-0.2, 0) is 18.3 Å². The summed E-state index contributed by atoms with van der Waals surface area (Å²) in [6.07, 6.45) is 11.2. The summed E-state index contributed by atoms with van der Waals surface area (Å²) in [5.41, 5.74) is 3.57. The Morgan fingerprint density at radius 1 is 1.04 bits per heavy atom. The first-order chi connectivity index (χ1) is 13.8. The van der Waals surface area contributed by atoms with Crippen molar-refractivity contribution in [3.8, 4) is 11.3 Å². The molecule has 2 aromatic rings. The summed E-state index contributed by atoms with van der Waals surface area (Å²) in [5.74, 6) is 0.894. The van der Waals surface area contributed by atoms with Crippen LogP contribution in [0.4, 0.5) is 0 Å². The topological polar surface area (TPSA) is 46.4 Å². The SMILES string of the molecule is Cn1cc(CN2CCC(CCCN3CCOCC3)CC2)c(-c2ccncc2)n1. The summed E-state index contributed by atoms with van der Waals surface area (Å²) < 4.78 is 7.37. The fourth-order valence-corrected chi connectivity index (χ4v) is 4.51. The highest BCUT2D eigenvalue weighted by atomic mass is 16.5. The molecule has 0 aliphatic carbocycles. The molecule has 0 atom stereocenters. The van der Waals surface area contributed by atoms with E-state index in [2.05, 4.69) is 21.0 Å². The van der Waals surface area contributed by atoms with E-state index in [1.807, 2.05) is 36.3 Å². The Balaban J connectivity index is 1.24. The van der Waals surface area contributed by atoms with Gasteiger partial charge in [-0.15, -0.1) is 0 Å². The van der Waals surface area contributed by atoms with Crippen LogP contribution in [0.3, 0.4) is 0 Å². The second kappa shape index (κ2) is 9.63. The average Bonchev–Trinajstić information content (AvgIpc) is 3.11. The first-order valence-electron chi connectivity index (χ1n) is 10.7. The van der Waals surface area contributed by atoms with E-state index in [0.29, 0.717) is 0 Å². The predicted molar refractivity (Wildman–Crippen MR) is 111 cm³/mol. The molecule has 0 aromatic carbocycles. The zero-order valence-electron chi connectivity index (χ0n) is 17.1. The molecule has 2 aliphatic rings. The number of nitrogens with zero attached hydrogens (tertiary/aromatic N) is 5. The molecule has 6 heteroatoms. The van der Waals surface area contributed by atoms with Crippen molar-refractivity contribution in [2.24, 2.45) is 13.0 Å². The van der Waals surface area contributed by atoms with E-state index in [4.69, 9.17) is 9.84 Å². The van der Waals surface area contributed by atoms with Crippen molar-refractivity contribution >= 4 is 0 Å². The number of likely N-dealkylation sites (tertiary alicyclic amines) is 1. The molecule has 28 heavy (non-hydrogen) atoms. The van der Waals surface area contributed by atoms with Gasteiger partial charge in [-0.1, -0.05) is 0 Å². The van der Waals surface area contributed by atoms with Gasteiger partial charge < -0.3 is 4.74 Å². The molecule has 0 saturated carbocycles. The van der Waals surface area contributed by atoms with Gasteiger partial charge in [-0.05, 0) is 63.4 Å². The summed E-state index contributed by atoms with van der Waals surface area (Å²) in [4.78, 5) is 9.29. The van der Waals surface area contributed by atoms with Gasteiger partial charge in [0.05, 0.1) is 18.9 Å². The number of pyridine rings is 1. The second-order valence-electron chi connectivity index (χ2n) is 8.23. The summed E-state index contributed by atoms with van der Waals surface area (Å²) in [6.45, 7) is 8.69. The zero-order chi connectivity index (χ0) is 19.2. The molecule has 2 saturated heterocycles. The molecule has 4 rings (SSSR count). The zero-order valence-corrected chi connectivity index (χ0v) is 17.1. The third-order valence-electron chi connectivity index (χ3n) is 6.15. The van der Waals surface area contributed by atoms with E-state index in [1.165, 1.54) is 50.9 Å². The van der Waals surface area contributed by atoms with Crippen molar-refractivity contribution < 1.29 is 4.74 Å². The number of rotatable bonds is 7. The van der Waals surface area contributed by atoms with Crippen LogP contribution in [0.25, 0.3) is 11.3 Å². The maximum Gasteiger partial charge on any atom is 0.0969 e. The van der Waals surface area contributed by atoms with Crippen molar-refractivity contribution in [3.05, 3.63) is 36.3 Å². The summed E-state index contributed by atoms with van der Waals surface area (Å²) >= 11 is 0. The fraction of sp³-hybridized carbons (Fsp3) is 0.636. The smallest absolute Gasteiger partial charge is 0.0969 e. The molecule has 152 valence electrons. The first kappa shape index (κ1) is 19.6. The molecule has 6 nitrogen and oxygen atoms in total. The Bertz CT molecular complexity index is 718. The van der Waals surface area contributed by atoms with Crippen LogP contribution in [0.2, 0.25) is 0 Å². The molecular weight excluding hydrogens is 350 g/mol. The minimum absolute atomic E-state index is 0.894. The Labute approximate surface area is 168 Å². The van der Waals surface area contributed by atoms with Gasteiger partial charge in [0.15, 0.2) is 0 Å². The highest BCUT2D eigenvalue weighted by Crippen LogP contribution is 2.26. The summed E-state index contributed by atoms with van der Waals surface area (Å²) in [6, 6.07) is 4.10. The van der Waals surface area contributed by atoms with Gasteiger partial charge in [0.1, 0.15) is 0 Å². The van der Waals surface area contributed by atoms with Crippen molar-refractivity contribution in [1.82, 2.24) is 24.6 Å². The van der Waals surface area contributed by atoms with Crippen LogP contribution in [0, 0.1) is 5.92 Å². The van der Waals surface area contributed by atoms with Crippen LogP contribution in [0.1, 0.15) is 31.2 Å². The normalized spacial score (nSPS) is 19.9. The largest absolute Gasteiger partial charge is 0.379 e. The standard InChI is InChI=1S/C22H33N5O/c1-25-17-21(22(24-25)20-4-8-23-9-5-20)18-27-11-6-19(7-12-27)3-2-10-26-13-15-28-16-14-26/h4-5,8-9,17,19H,2-3,6-7,10-16,18H2,1H3. The monoisotopic (exact) mass is 383 g/mol. The Morgan fingerprint density at radius 2 is 1.79 bits per heavy atom. The average molecular weight is 384 g/mol. The highest BCUT2D eigenvalue weighted by molar-refractivity contribution is 5.61. The van der Waals surface area contributed by atoms with Gasteiger partial charge in [0.2, 0.25) is 0 Å². The summed E-state index contributed by atoms with van der Waals surface area (Å²) in [5, 5.41) is 4.69. The lowest BCUT2D eigenvalue weighted by Gasteiger charge is -2.32. The third kappa shape index (κ3) is 5.19. The van der Waals surface area contributed by atoms with Gasteiger partial charge in [-0.2, -0.15) is 5.10 Å². The Morgan fingerprint density at radius 3 is 2.54 bits per heavy atom. The molecule has 0 spiro atoms.